The number of hydrogen-bond acceptors (Lipinski definition) is 5. The second kappa shape index (κ2) is 9.10. The highest BCUT2D eigenvalue weighted by Gasteiger charge is 2.25. The molecule has 2 aromatic rings. The zero-order chi connectivity index (χ0) is 19.1. The van der Waals surface area contributed by atoms with Gasteiger partial charge in [-0.25, -0.2) is 0 Å². The number of hydrogen-bond donors (Lipinski definition) is 1. The molecule has 0 aliphatic carbocycles. The zero-order valence-electron chi connectivity index (χ0n) is 14.0. The summed E-state index contributed by atoms with van der Waals surface area (Å²) in [5, 5.41) is 13.4. The Bertz CT molecular complexity index is 810. The van der Waals surface area contributed by atoms with Gasteiger partial charge in [-0.05, 0) is 28.4 Å². The second-order valence-corrected chi connectivity index (χ2v) is 6.30. The maximum atomic E-state index is 12.7. The molecule has 26 heavy (non-hydrogen) atoms. The quantitative estimate of drug-likeness (QED) is 0.407. The van der Waals surface area contributed by atoms with Crippen LogP contribution in [0.4, 0.5) is 11.4 Å². The molecule has 1 N–H and O–H groups in total. The molecule has 2 rings (SSSR count). The van der Waals surface area contributed by atoms with Crippen LogP contribution in [0.5, 0.6) is 0 Å². The molecule has 7 nitrogen and oxygen atoms in total. The summed E-state index contributed by atoms with van der Waals surface area (Å²) in [7, 11) is 0. The van der Waals surface area contributed by atoms with Crippen molar-refractivity contribution in [1.29, 1.82) is 0 Å². The first-order valence-corrected chi connectivity index (χ1v) is 8.71. The van der Waals surface area contributed by atoms with Gasteiger partial charge in [0.2, 0.25) is 6.10 Å². The van der Waals surface area contributed by atoms with Crippen LogP contribution in [0.1, 0.15) is 31.4 Å². The van der Waals surface area contributed by atoms with Crippen LogP contribution in [-0.2, 0) is 14.3 Å². The van der Waals surface area contributed by atoms with Crippen LogP contribution in [0.15, 0.2) is 53.0 Å². The lowest BCUT2D eigenvalue weighted by Gasteiger charge is -2.18. The molecule has 1 amide bonds. The summed E-state index contributed by atoms with van der Waals surface area (Å²) >= 11 is 3.20. The molecular weight excluding hydrogens is 404 g/mol. The number of nitro benzene ring substituents is 1. The highest BCUT2D eigenvalue weighted by molar-refractivity contribution is 9.10. The van der Waals surface area contributed by atoms with E-state index < -0.39 is 22.9 Å². The van der Waals surface area contributed by atoms with Crippen LogP contribution in [0.25, 0.3) is 0 Å². The molecule has 0 fully saturated rings. The molecule has 0 aliphatic rings. The molecular formula is C18H17BrN2O5. The third-order valence-corrected chi connectivity index (χ3v) is 4.12. The highest BCUT2D eigenvalue weighted by Crippen LogP contribution is 2.29. The van der Waals surface area contributed by atoms with E-state index in [2.05, 4.69) is 21.2 Å². The van der Waals surface area contributed by atoms with Crippen molar-refractivity contribution < 1.29 is 19.2 Å². The second-order valence-electron chi connectivity index (χ2n) is 5.44. The number of non-ortho nitro benzene ring substituents is 1. The van der Waals surface area contributed by atoms with Gasteiger partial charge in [0.15, 0.2) is 0 Å². The number of nitrogens with one attached hydrogen (secondary N) is 1. The largest absolute Gasteiger partial charge is 0.447 e. The fourth-order valence-corrected chi connectivity index (χ4v) is 2.68. The molecule has 0 aromatic heterocycles. The minimum Gasteiger partial charge on any atom is -0.447 e. The highest BCUT2D eigenvalue weighted by atomic mass is 79.9. The van der Waals surface area contributed by atoms with Crippen molar-refractivity contribution in [3.63, 3.8) is 0 Å². The standard InChI is InChI=1S/C18H17BrN2O5/c1-2-6-16(22)26-17(12-7-4-3-5-8-12)18(23)20-15-10-9-13(21(24)25)11-14(15)19/h3-5,7-11,17H,2,6H2,1H3,(H,20,23). The van der Waals surface area contributed by atoms with Gasteiger partial charge < -0.3 is 10.1 Å². The fraction of sp³-hybridized carbons (Fsp3) is 0.222. The normalized spacial score (nSPS) is 11.5. The third-order valence-electron chi connectivity index (χ3n) is 3.47. The number of carbonyl (C=O) groups is 2. The predicted octanol–water partition coefficient (Wildman–Crippen LogP) is 4.38. The van der Waals surface area contributed by atoms with E-state index in [1.165, 1.54) is 18.2 Å². The molecule has 8 heteroatoms. The summed E-state index contributed by atoms with van der Waals surface area (Å²) in [5.74, 6) is -1.02. The van der Waals surface area contributed by atoms with Gasteiger partial charge in [0.25, 0.3) is 11.6 Å². The Balaban J connectivity index is 2.23. The van der Waals surface area contributed by atoms with Crippen molar-refractivity contribution in [1.82, 2.24) is 0 Å². The van der Waals surface area contributed by atoms with Crippen LogP contribution in [0.3, 0.4) is 0 Å². The molecule has 0 saturated heterocycles. The van der Waals surface area contributed by atoms with Crippen molar-refractivity contribution in [2.45, 2.75) is 25.9 Å². The number of nitro groups is 1. The van der Waals surface area contributed by atoms with E-state index >= 15 is 0 Å². The average molecular weight is 421 g/mol. The fourth-order valence-electron chi connectivity index (χ4n) is 2.21. The SMILES string of the molecule is CCCC(=O)OC(C(=O)Nc1ccc([N+](=O)[O-])cc1Br)c1ccccc1. The summed E-state index contributed by atoms with van der Waals surface area (Å²) in [6.07, 6.45) is -0.300. The van der Waals surface area contributed by atoms with Gasteiger partial charge in [-0.1, -0.05) is 37.3 Å². The monoisotopic (exact) mass is 420 g/mol. The molecule has 1 unspecified atom stereocenters. The van der Waals surface area contributed by atoms with E-state index in [1.54, 1.807) is 30.3 Å². The number of halogens is 1. The lowest BCUT2D eigenvalue weighted by molar-refractivity contribution is -0.384. The number of esters is 1. The summed E-state index contributed by atoms with van der Waals surface area (Å²) in [4.78, 5) is 34.8. The van der Waals surface area contributed by atoms with E-state index in [-0.39, 0.29) is 12.1 Å². The van der Waals surface area contributed by atoms with Crippen molar-refractivity contribution in [3.05, 3.63) is 68.7 Å². The Morgan fingerprint density at radius 2 is 1.92 bits per heavy atom. The molecule has 0 spiro atoms. The Hall–Kier alpha value is -2.74. The van der Waals surface area contributed by atoms with Crippen LogP contribution >= 0.6 is 15.9 Å². The van der Waals surface area contributed by atoms with E-state index in [1.807, 2.05) is 6.92 Å². The van der Waals surface area contributed by atoms with Crippen molar-refractivity contribution in [2.75, 3.05) is 5.32 Å². The average Bonchev–Trinajstić information content (AvgIpc) is 2.62. The number of ether oxygens (including phenoxy) is 1. The molecule has 0 saturated carbocycles. The van der Waals surface area contributed by atoms with Crippen LogP contribution in [0.2, 0.25) is 0 Å². The first-order chi connectivity index (χ1) is 12.4. The number of amides is 1. The smallest absolute Gasteiger partial charge is 0.306 e. The topological polar surface area (TPSA) is 98.5 Å². The number of nitrogens with zero attached hydrogens (tertiary/aromatic N) is 1. The third kappa shape index (κ3) is 5.13. The number of carbonyl (C=O) groups excluding carboxylic acids is 2. The van der Waals surface area contributed by atoms with Crippen LogP contribution in [-0.4, -0.2) is 16.8 Å². The Morgan fingerprint density at radius 3 is 2.50 bits per heavy atom. The number of rotatable bonds is 7. The first-order valence-electron chi connectivity index (χ1n) is 7.91. The Kier molecular flexibility index (Phi) is 6.85. The van der Waals surface area contributed by atoms with E-state index in [0.29, 0.717) is 22.1 Å². The van der Waals surface area contributed by atoms with Crippen molar-refractivity contribution in [3.8, 4) is 0 Å². The minimum absolute atomic E-state index is 0.108. The van der Waals surface area contributed by atoms with Crippen LogP contribution < -0.4 is 5.32 Å². The summed E-state index contributed by atoms with van der Waals surface area (Å²) in [5.41, 5.74) is 0.768. The van der Waals surface area contributed by atoms with E-state index in [9.17, 15) is 19.7 Å². The summed E-state index contributed by atoms with van der Waals surface area (Å²) in [6, 6.07) is 12.6. The zero-order valence-corrected chi connectivity index (χ0v) is 15.6. The minimum atomic E-state index is -1.11. The van der Waals surface area contributed by atoms with Gasteiger partial charge in [0.05, 0.1) is 10.6 Å². The maximum absolute atomic E-state index is 12.7. The van der Waals surface area contributed by atoms with E-state index in [4.69, 9.17) is 4.74 Å². The summed E-state index contributed by atoms with van der Waals surface area (Å²) < 4.78 is 5.69. The lowest BCUT2D eigenvalue weighted by Crippen LogP contribution is -2.26. The Morgan fingerprint density at radius 1 is 1.23 bits per heavy atom. The van der Waals surface area contributed by atoms with Crippen LogP contribution in [0, 0.1) is 10.1 Å². The molecule has 2 aromatic carbocycles. The van der Waals surface area contributed by atoms with Gasteiger partial charge in [0, 0.05) is 28.6 Å². The van der Waals surface area contributed by atoms with Gasteiger partial charge in [-0.2, -0.15) is 0 Å². The first kappa shape index (κ1) is 19.6. The molecule has 136 valence electrons. The predicted molar refractivity (Wildman–Crippen MR) is 99.6 cm³/mol. The molecule has 1 atom stereocenters. The van der Waals surface area contributed by atoms with Crippen molar-refractivity contribution >= 4 is 39.2 Å². The molecule has 0 bridgehead atoms. The number of benzene rings is 2. The Labute approximate surface area is 158 Å². The molecule has 0 heterocycles. The lowest BCUT2D eigenvalue weighted by atomic mass is 10.1. The summed E-state index contributed by atoms with van der Waals surface area (Å²) in [6.45, 7) is 1.84. The van der Waals surface area contributed by atoms with Gasteiger partial charge in [-0.15, -0.1) is 0 Å². The molecule has 0 radical (unpaired) electrons. The maximum Gasteiger partial charge on any atom is 0.306 e. The molecule has 0 aliphatic heterocycles. The van der Waals surface area contributed by atoms with Gasteiger partial charge >= 0.3 is 5.97 Å². The van der Waals surface area contributed by atoms with Gasteiger partial charge in [-0.3, -0.25) is 19.7 Å². The van der Waals surface area contributed by atoms with Gasteiger partial charge in [0.1, 0.15) is 0 Å². The van der Waals surface area contributed by atoms with E-state index in [0.717, 1.165) is 0 Å². The number of anilines is 1. The van der Waals surface area contributed by atoms with Crippen molar-refractivity contribution in [2.24, 2.45) is 0 Å².